The minimum Gasteiger partial charge on any atom is -0.372 e. The summed E-state index contributed by atoms with van der Waals surface area (Å²) in [6.45, 7) is 3.64. The van der Waals surface area contributed by atoms with Crippen LogP contribution in [0.25, 0.3) is 0 Å². The summed E-state index contributed by atoms with van der Waals surface area (Å²) < 4.78 is 5.84. The molecule has 0 bridgehead atoms. The number of halogens is 1. The lowest BCUT2D eigenvalue weighted by Crippen LogP contribution is -2.26. The number of rotatable bonds is 7. The lowest BCUT2D eigenvalue weighted by atomic mass is 10.2. The van der Waals surface area contributed by atoms with E-state index in [2.05, 4.69) is 12.2 Å². The Hall–Kier alpha value is -0.570. The van der Waals surface area contributed by atoms with Crippen LogP contribution in [0.15, 0.2) is 24.3 Å². The molecule has 0 saturated heterocycles. The topological polar surface area (TPSA) is 21.3 Å². The molecule has 90 valence electrons. The predicted molar refractivity (Wildman–Crippen MR) is 68.9 cm³/mol. The molecule has 0 radical (unpaired) electrons. The Kier molecular flexibility index (Phi) is 6.46. The highest BCUT2D eigenvalue weighted by Gasteiger charge is 2.08. The van der Waals surface area contributed by atoms with Crippen molar-refractivity contribution in [2.45, 2.75) is 32.5 Å². The van der Waals surface area contributed by atoms with Gasteiger partial charge in [-0.1, -0.05) is 43.1 Å². The lowest BCUT2D eigenvalue weighted by Gasteiger charge is -2.17. The highest BCUT2D eigenvalue weighted by Crippen LogP contribution is 2.17. The second-order valence-corrected chi connectivity index (χ2v) is 4.28. The molecule has 1 aromatic rings. The molecule has 0 aromatic heterocycles. The van der Waals surface area contributed by atoms with Crippen LogP contribution in [-0.2, 0) is 11.3 Å². The molecule has 0 aliphatic rings. The Balaban J connectivity index is 2.45. The van der Waals surface area contributed by atoms with Gasteiger partial charge in [0.2, 0.25) is 0 Å². The van der Waals surface area contributed by atoms with E-state index in [0.717, 1.165) is 30.0 Å². The van der Waals surface area contributed by atoms with Crippen molar-refractivity contribution < 1.29 is 4.74 Å². The standard InChI is InChI=1S/C13H20ClNO/c1-3-6-12(9-15-2)16-10-11-7-4-5-8-13(11)14/h4-5,7-8,12,15H,3,6,9-10H2,1-2H3. The first kappa shape index (κ1) is 13.5. The van der Waals surface area contributed by atoms with Gasteiger partial charge in [0.05, 0.1) is 12.7 Å². The fourth-order valence-electron chi connectivity index (χ4n) is 1.62. The van der Waals surface area contributed by atoms with Crippen LogP contribution in [0, 0.1) is 0 Å². The molecule has 1 aromatic carbocycles. The third kappa shape index (κ3) is 4.52. The molecule has 2 nitrogen and oxygen atoms in total. The van der Waals surface area contributed by atoms with Crippen LogP contribution >= 0.6 is 11.6 Å². The van der Waals surface area contributed by atoms with Gasteiger partial charge in [0.25, 0.3) is 0 Å². The molecular formula is C13H20ClNO. The van der Waals surface area contributed by atoms with Crippen molar-refractivity contribution in [2.24, 2.45) is 0 Å². The molecule has 1 rings (SSSR count). The van der Waals surface area contributed by atoms with Gasteiger partial charge in [-0.25, -0.2) is 0 Å². The summed E-state index contributed by atoms with van der Waals surface area (Å²) in [5.41, 5.74) is 1.06. The maximum absolute atomic E-state index is 6.07. The summed E-state index contributed by atoms with van der Waals surface area (Å²) in [7, 11) is 1.95. The highest BCUT2D eigenvalue weighted by atomic mass is 35.5. The molecule has 0 amide bonds. The zero-order valence-corrected chi connectivity index (χ0v) is 10.8. The molecule has 0 aliphatic carbocycles. The fourth-order valence-corrected chi connectivity index (χ4v) is 1.81. The van der Waals surface area contributed by atoms with E-state index in [1.165, 1.54) is 0 Å². The first-order chi connectivity index (χ1) is 7.77. The molecule has 1 N–H and O–H groups in total. The number of hydrogen-bond acceptors (Lipinski definition) is 2. The van der Waals surface area contributed by atoms with Crippen molar-refractivity contribution in [1.82, 2.24) is 5.32 Å². The van der Waals surface area contributed by atoms with Crippen molar-refractivity contribution in [3.63, 3.8) is 0 Å². The smallest absolute Gasteiger partial charge is 0.0735 e. The summed E-state index contributed by atoms with van der Waals surface area (Å²) in [5.74, 6) is 0. The van der Waals surface area contributed by atoms with E-state index >= 15 is 0 Å². The van der Waals surface area contributed by atoms with Gasteiger partial charge in [0.1, 0.15) is 0 Å². The van der Waals surface area contributed by atoms with Crippen molar-refractivity contribution >= 4 is 11.6 Å². The average Bonchev–Trinajstić information content (AvgIpc) is 2.28. The van der Waals surface area contributed by atoms with E-state index in [1.54, 1.807) is 0 Å². The van der Waals surface area contributed by atoms with Crippen LogP contribution in [0.2, 0.25) is 5.02 Å². The monoisotopic (exact) mass is 241 g/mol. The number of likely N-dealkylation sites (N-methyl/N-ethyl adjacent to an activating group) is 1. The van der Waals surface area contributed by atoms with E-state index in [4.69, 9.17) is 16.3 Å². The van der Waals surface area contributed by atoms with E-state index in [9.17, 15) is 0 Å². The molecular weight excluding hydrogens is 222 g/mol. The van der Waals surface area contributed by atoms with Gasteiger partial charge in [-0.15, -0.1) is 0 Å². The second kappa shape index (κ2) is 7.66. The zero-order chi connectivity index (χ0) is 11.8. The molecule has 0 aliphatic heterocycles. The van der Waals surface area contributed by atoms with E-state index in [0.29, 0.717) is 6.61 Å². The maximum atomic E-state index is 6.07. The van der Waals surface area contributed by atoms with Gasteiger partial charge in [0, 0.05) is 11.6 Å². The summed E-state index contributed by atoms with van der Waals surface area (Å²) in [6, 6.07) is 7.82. The minimum absolute atomic E-state index is 0.270. The molecule has 3 heteroatoms. The molecule has 1 unspecified atom stereocenters. The van der Waals surface area contributed by atoms with Crippen LogP contribution in [-0.4, -0.2) is 19.7 Å². The summed E-state index contributed by atoms with van der Waals surface area (Å²) in [6.07, 6.45) is 2.48. The van der Waals surface area contributed by atoms with Gasteiger partial charge in [-0.2, -0.15) is 0 Å². The number of nitrogens with one attached hydrogen (secondary N) is 1. The molecule has 0 heterocycles. The lowest BCUT2D eigenvalue weighted by molar-refractivity contribution is 0.0361. The number of ether oxygens (including phenoxy) is 1. The van der Waals surface area contributed by atoms with E-state index < -0.39 is 0 Å². The third-order valence-electron chi connectivity index (χ3n) is 2.47. The van der Waals surface area contributed by atoms with E-state index in [-0.39, 0.29) is 6.10 Å². The van der Waals surface area contributed by atoms with E-state index in [1.807, 2.05) is 31.3 Å². The zero-order valence-electron chi connectivity index (χ0n) is 10.0. The van der Waals surface area contributed by atoms with Crippen LogP contribution in [0.1, 0.15) is 25.3 Å². The van der Waals surface area contributed by atoms with Crippen LogP contribution in [0.4, 0.5) is 0 Å². The SMILES string of the molecule is CCCC(CNC)OCc1ccccc1Cl. The molecule has 0 saturated carbocycles. The maximum Gasteiger partial charge on any atom is 0.0735 e. The van der Waals surface area contributed by atoms with Crippen LogP contribution in [0.5, 0.6) is 0 Å². The number of benzene rings is 1. The highest BCUT2D eigenvalue weighted by molar-refractivity contribution is 6.31. The van der Waals surface area contributed by atoms with Crippen molar-refractivity contribution in [2.75, 3.05) is 13.6 Å². The fraction of sp³-hybridized carbons (Fsp3) is 0.538. The van der Waals surface area contributed by atoms with Gasteiger partial charge in [0.15, 0.2) is 0 Å². The molecule has 0 spiro atoms. The minimum atomic E-state index is 0.270. The Morgan fingerprint density at radius 2 is 2.12 bits per heavy atom. The van der Waals surface area contributed by atoms with Crippen molar-refractivity contribution in [3.05, 3.63) is 34.9 Å². The van der Waals surface area contributed by atoms with Crippen LogP contribution < -0.4 is 5.32 Å². The summed E-state index contributed by atoms with van der Waals surface area (Å²) in [5, 5.41) is 3.93. The first-order valence-electron chi connectivity index (χ1n) is 5.77. The van der Waals surface area contributed by atoms with Gasteiger partial charge < -0.3 is 10.1 Å². The largest absolute Gasteiger partial charge is 0.372 e. The Morgan fingerprint density at radius 3 is 2.75 bits per heavy atom. The summed E-state index contributed by atoms with van der Waals surface area (Å²) >= 11 is 6.07. The van der Waals surface area contributed by atoms with Gasteiger partial charge in [-0.3, -0.25) is 0 Å². The van der Waals surface area contributed by atoms with Crippen molar-refractivity contribution in [3.8, 4) is 0 Å². The second-order valence-electron chi connectivity index (χ2n) is 3.87. The third-order valence-corrected chi connectivity index (χ3v) is 2.84. The predicted octanol–water partition coefficient (Wildman–Crippen LogP) is 3.24. The van der Waals surface area contributed by atoms with Gasteiger partial charge >= 0.3 is 0 Å². The number of hydrogen-bond donors (Lipinski definition) is 1. The summed E-state index contributed by atoms with van der Waals surface area (Å²) in [4.78, 5) is 0. The quantitative estimate of drug-likeness (QED) is 0.791. The van der Waals surface area contributed by atoms with Crippen LogP contribution in [0.3, 0.4) is 0 Å². The average molecular weight is 242 g/mol. The Bertz CT molecular complexity index is 298. The van der Waals surface area contributed by atoms with Gasteiger partial charge in [-0.05, 0) is 25.1 Å². The molecule has 16 heavy (non-hydrogen) atoms. The first-order valence-corrected chi connectivity index (χ1v) is 6.15. The Morgan fingerprint density at radius 1 is 1.38 bits per heavy atom. The Labute approximate surface area is 103 Å². The molecule has 0 fully saturated rings. The van der Waals surface area contributed by atoms with Crippen molar-refractivity contribution in [1.29, 1.82) is 0 Å². The normalized spacial score (nSPS) is 12.7. The molecule has 1 atom stereocenters.